The van der Waals surface area contributed by atoms with Crippen molar-refractivity contribution in [2.45, 2.75) is 77.5 Å². The van der Waals surface area contributed by atoms with Crippen molar-refractivity contribution in [2.24, 2.45) is 17.6 Å². The zero-order valence-electron chi connectivity index (χ0n) is 22.0. The number of carbonyl (C=O) groups excluding carboxylic acids is 3. The van der Waals surface area contributed by atoms with Crippen molar-refractivity contribution in [3.8, 4) is 0 Å². The molecule has 4 unspecified atom stereocenters. The van der Waals surface area contributed by atoms with Gasteiger partial charge in [-0.15, -0.1) is 0 Å². The molecule has 1 rings (SSSR count). The van der Waals surface area contributed by atoms with Gasteiger partial charge in [0, 0.05) is 6.42 Å². The number of carbonyl (C=O) groups is 4. The molecule has 3 amide bonds. The third-order valence-electron chi connectivity index (χ3n) is 5.55. The van der Waals surface area contributed by atoms with Crippen LogP contribution in [-0.4, -0.2) is 65.0 Å². The number of nitrogens with two attached hydrogens (primary N) is 1. The van der Waals surface area contributed by atoms with Crippen molar-refractivity contribution in [3.63, 3.8) is 0 Å². The van der Waals surface area contributed by atoms with Gasteiger partial charge in [0.05, 0.1) is 6.04 Å². The zero-order valence-corrected chi connectivity index (χ0v) is 22.8. The summed E-state index contributed by atoms with van der Waals surface area (Å²) < 4.78 is 0. The van der Waals surface area contributed by atoms with E-state index >= 15 is 0 Å². The number of hydrogen-bond donors (Lipinski definition) is 5. The Balaban J connectivity index is 2.97. The van der Waals surface area contributed by atoms with Gasteiger partial charge in [-0.1, -0.05) is 58.0 Å². The SMILES string of the molecule is CSCCC(N)C(=O)NC(CC(C)C)C(=O)NC(CC(C)C)C(=O)NC(Cc1ccccc1)C(=O)O. The third-order valence-corrected chi connectivity index (χ3v) is 6.19. The standard InChI is InChI=1S/C26H42N4O5S/c1-16(2)13-20(28-23(31)19(27)11-12-36-5)24(32)29-21(14-17(3)4)25(33)30-22(26(34)35)15-18-9-7-6-8-10-18/h6-10,16-17,19-22H,11-15,27H2,1-5H3,(H,28,31)(H,29,32)(H,30,33)(H,34,35). The first-order valence-corrected chi connectivity index (χ1v) is 13.8. The van der Waals surface area contributed by atoms with Gasteiger partial charge < -0.3 is 26.8 Å². The van der Waals surface area contributed by atoms with E-state index in [1.54, 1.807) is 36.0 Å². The van der Waals surface area contributed by atoms with Crippen LogP contribution in [0.4, 0.5) is 0 Å². The number of hydrogen-bond acceptors (Lipinski definition) is 6. The molecule has 0 aliphatic rings. The summed E-state index contributed by atoms with van der Waals surface area (Å²) in [5.41, 5.74) is 6.74. The lowest BCUT2D eigenvalue weighted by Gasteiger charge is -2.27. The minimum atomic E-state index is -1.16. The summed E-state index contributed by atoms with van der Waals surface area (Å²) >= 11 is 1.58. The largest absolute Gasteiger partial charge is 0.480 e. The number of thioether (sulfide) groups is 1. The monoisotopic (exact) mass is 522 g/mol. The van der Waals surface area contributed by atoms with Crippen LogP contribution in [0.25, 0.3) is 0 Å². The number of benzene rings is 1. The van der Waals surface area contributed by atoms with E-state index in [0.29, 0.717) is 19.3 Å². The van der Waals surface area contributed by atoms with Crippen molar-refractivity contribution >= 4 is 35.5 Å². The van der Waals surface area contributed by atoms with Crippen molar-refractivity contribution in [2.75, 3.05) is 12.0 Å². The molecule has 1 aromatic carbocycles. The molecule has 0 heterocycles. The van der Waals surface area contributed by atoms with Gasteiger partial charge in [0.25, 0.3) is 0 Å². The number of rotatable bonds is 16. The topological polar surface area (TPSA) is 151 Å². The van der Waals surface area contributed by atoms with E-state index in [4.69, 9.17) is 5.73 Å². The van der Waals surface area contributed by atoms with Crippen LogP contribution in [0.5, 0.6) is 0 Å². The number of aliphatic carboxylic acids is 1. The lowest BCUT2D eigenvalue weighted by molar-refractivity contribution is -0.142. The van der Waals surface area contributed by atoms with E-state index < -0.39 is 47.9 Å². The van der Waals surface area contributed by atoms with E-state index in [9.17, 15) is 24.3 Å². The molecular formula is C26H42N4O5S. The Morgan fingerprint density at radius 2 is 1.31 bits per heavy atom. The summed E-state index contributed by atoms with van der Waals surface area (Å²) in [6.07, 6.45) is 3.21. The van der Waals surface area contributed by atoms with Crippen LogP contribution in [-0.2, 0) is 25.6 Å². The molecule has 0 aromatic heterocycles. The Labute approximate surface area is 218 Å². The summed E-state index contributed by atoms with van der Waals surface area (Å²) in [5.74, 6) is -1.77. The van der Waals surface area contributed by atoms with Crippen LogP contribution >= 0.6 is 11.8 Å². The van der Waals surface area contributed by atoms with Crippen molar-refractivity contribution in [1.29, 1.82) is 0 Å². The van der Waals surface area contributed by atoms with E-state index in [1.165, 1.54) is 0 Å². The van der Waals surface area contributed by atoms with Gasteiger partial charge in [0.15, 0.2) is 0 Å². The van der Waals surface area contributed by atoms with Gasteiger partial charge in [0.1, 0.15) is 18.1 Å². The molecule has 0 aliphatic carbocycles. The van der Waals surface area contributed by atoms with Crippen LogP contribution in [0, 0.1) is 11.8 Å². The lowest BCUT2D eigenvalue weighted by Crippen LogP contribution is -2.57. The molecule has 4 atom stereocenters. The van der Waals surface area contributed by atoms with Gasteiger partial charge in [0.2, 0.25) is 17.7 Å². The maximum atomic E-state index is 13.2. The molecule has 0 radical (unpaired) electrons. The van der Waals surface area contributed by atoms with E-state index in [2.05, 4.69) is 16.0 Å². The molecule has 0 fully saturated rings. The molecule has 0 spiro atoms. The Kier molecular flexibility index (Phi) is 14.2. The van der Waals surface area contributed by atoms with Gasteiger partial charge >= 0.3 is 5.97 Å². The first-order chi connectivity index (χ1) is 16.9. The number of amides is 3. The fourth-order valence-electron chi connectivity index (χ4n) is 3.66. The van der Waals surface area contributed by atoms with Crippen LogP contribution in [0.15, 0.2) is 30.3 Å². The van der Waals surface area contributed by atoms with Crippen LogP contribution in [0.3, 0.4) is 0 Å². The Morgan fingerprint density at radius 3 is 1.75 bits per heavy atom. The lowest BCUT2D eigenvalue weighted by atomic mass is 9.99. The number of carboxylic acid groups (broad SMARTS) is 1. The maximum Gasteiger partial charge on any atom is 0.326 e. The smallest absolute Gasteiger partial charge is 0.326 e. The predicted octanol–water partition coefficient (Wildman–Crippen LogP) is 1.94. The van der Waals surface area contributed by atoms with E-state index in [0.717, 1.165) is 11.3 Å². The molecule has 10 heteroatoms. The zero-order chi connectivity index (χ0) is 27.3. The molecule has 1 aromatic rings. The Hall–Kier alpha value is -2.59. The predicted molar refractivity (Wildman–Crippen MR) is 143 cm³/mol. The van der Waals surface area contributed by atoms with E-state index in [1.807, 2.05) is 40.0 Å². The fraction of sp³-hybridized carbons (Fsp3) is 0.615. The second-order valence-electron chi connectivity index (χ2n) is 9.86. The van der Waals surface area contributed by atoms with Gasteiger partial charge in [-0.25, -0.2) is 4.79 Å². The van der Waals surface area contributed by atoms with Crippen LogP contribution < -0.4 is 21.7 Å². The highest BCUT2D eigenvalue weighted by Crippen LogP contribution is 2.11. The quantitative estimate of drug-likeness (QED) is 0.223. The molecule has 0 saturated carbocycles. The van der Waals surface area contributed by atoms with Gasteiger partial charge in [-0.05, 0) is 48.7 Å². The molecule has 202 valence electrons. The fourth-order valence-corrected chi connectivity index (χ4v) is 4.14. The molecular weight excluding hydrogens is 480 g/mol. The second-order valence-corrected chi connectivity index (χ2v) is 10.8. The van der Waals surface area contributed by atoms with Crippen molar-refractivity contribution in [1.82, 2.24) is 16.0 Å². The second kappa shape index (κ2) is 16.2. The van der Waals surface area contributed by atoms with Crippen molar-refractivity contribution in [3.05, 3.63) is 35.9 Å². The molecule has 6 N–H and O–H groups in total. The van der Waals surface area contributed by atoms with Crippen LogP contribution in [0.1, 0.15) is 52.5 Å². The minimum absolute atomic E-state index is 0.0524. The molecule has 9 nitrogen and oxygen atoms in total. The Morgan fingerprint density at radius 1 is 0.833 bits per heavy atom. The van der Waals surface area contributed by atoms with E-state index in [-0.39, 0.29) is 18.3 Å². The summed E-state index contributed by atoms with van der Waals surface area (Å²) in [5, 5.41) is 17.7. The number of nitrogens with one attached hydrogen (secondary N) is 3. The summed E-state index contributed by atoms with van der Waals surface area (Å²) in [6, 6.07) is 5.32. The molecule has 0 bridgehead atoms. The van der Waals surface area contributed by atoms with Gasteiger partial charge in [-0.3, -0.25) is 14.4 Å². The average molecular weight is 523 g/mol. The summed E-state index contributed by atoms with van der Waals surface area (Å²) in [7, 11) is 0. The first kappa shape index (κ1) is 31.4. The molecule has 0 saturated heterocycles. The minimum Gasteiger partial charge on any atom is -0.480 e. The summed E-state index contributed by atoms with van der Waals surface area (Å²) in [6.45, 7) is 7.67. The van der Waals surface area contributed by atoms with Crippen LogP contribution in [0.2, 0.25) is 0 Å². The van der Waals surface area contributed by atoms with Gasteiger partial charge in [-0.2, -0.15) is 11.8 Å². The highest BCUT2D eigenvalue weighted by atomic mass is 32.2. The highest BCUT2D eigenvalue weighted by molar-refractivity contribution is 7.98. The molecule has 36 heavy (non-hydrogen) atoms. The van der Waals surface area contributed by atoms with Crippen molar-refractivity contribution < 1.29 is 24.3 Å². The normalized spacial score (nSPS) is 14.6. The highest BCUT2D eigenvalue weighted by Gasteiger charge is 2.31. The first-order valence-electron chi connectivity index (χ1n) is 12.4. The average Bonchev–Trinajstić information content (AvgIpc) is 2.80. The summed E-state index contributed by atoms with van der Waals surface area (Å²) in [4.78, 5) is 50.7. The molecule has 0 aliphatic heterocycles. The maximum absolute atomic E-state index is 13.2. The number of carboxylic acids is 1. The Bertz CT molecular complexity index is 850. The third kappa shape index (κ3) is 11.9.